The molecular formula is C27H39N5. The average molecular weight is 434 g/mol. The van der Waals surface area contributed by atoms with Gasteiger partial charge < -0.3 is 10.6 Å². The molecule has 2 bridgehead atoms. The van der Waals surface area contributed by atoms with Gasteiger partial charge >= 0.3 is 0 Å². The molecule has 172 valence electrons. The van der Waals surface area contributed by atoms with E-state index in [1.807, 2.05) is 18.2 Å². The van der Waals surface area contributed by atoms with Crippen LogP contribution in [0.1, 0.15) is 77.0 Å². The lowest BCUT2D eigenvalue weighted by Crippen LogP contribution is -2.57. The highest BCUT2D eigenvalue weighted by Gasteiger charge is 2.43. The second kappa shape index (κ2) is 10.2. The Kier molecular flexibility index (Phi) is 6.92. The zero-order chi connectivity index (χ0) is 21.8. The number of nitrogens with two attached hydrogens (primary N) is 1. The smallest absolute Gasteiger partial charge is 0.169 e. The fourth-order valence-corrected chi connectivity index (χ4v) is 6.39. The molecule has 0 amide bonds. The Morgan fingerprint density at radius 2 is 1.28 bits per heavy atom. The molecule has 5 rings (SSSR count). The molecule has 5 nitrogen and oxygen atoms in total. The van der Waals surface area contributed by atoms with E-state index in [4.69, 9.17) is 5.73 Å². The standard InChI is InChI=1S/C27H39N5/c28-27-26(18-25(29-30-27)21-12-8-7-9-13-21)31-19-23-16-17-24(20-31)32(23)22-14-10-5-3-1-2-4-6-11-15-22/h7-9,12-13,18,22-24H,1-6,10-11,14-17,19-20H2,(H2,28,30). The molecule has 3 aliphatic rings. The Morgan fingerprint density at radius 1 is 0.688 bits per heavy atom. The van der Waals surface area contributed by atoms with Gasteiger partial charge in [0.1, 0.15) is 0 Å². The van der Waals surface area contributed by atoms with Gasteiger partial charge in [0.25, 0.3) is 0 Å². The summed E-state index contributed by atoms with van der Waals surface area (Å²) in [6.45, 7) is 2.13. The van der Waals surface area contributed by atoms with E-state index in [1.54, 1.807) is 0 Å². The summed E-state index contributed by atoms with van der Waals surface area (Å²) in [5, 5.41) is 8.71. The van der Waals surface area contributed by atoms with E-state index in [0.29, 0.717) is 17.9 Å². The summed E-state index contributed by atoms with van der Waals surface area (Å²) in [4.78, 5) is 5.44. The van der Waals surface area contributed by atoms with Crippen molar-refractivity contribution in [2.24, 2.45) is 0 Å². The molecule has 2 aliphatic heterocycles. The molecule has 1 aliphatic carbocycles. The number of piperazine rings is 1. The number of fused-ring (bicyclic) bond motifs is 2. The van der Waals surface area contributed by atoms with E-state index in [2.05, 4.69) is 38.2 Å². The third-order valence-electron chi connectivity index (χ3n) is 8.00. The van der Waals surface area contributed by atoms with Gasteiger partial charge in [0, 0.05) is 36.8 Å². The molecule has 1 aromatic heterocycles. The van der Waals surface area contributed by atoms with E-state index in [1.165, 1.54) is 77.0 Å². The number of nitrogens with zero attached hydrogens (tertiary/aromatic N) is 4. The highest BCUT2D eigenvalue weighted by molar-refractivity contribution is 5.71. The molecule has 5 heteroatoms. The second-order valence-electron chi connectivity index (χ2n) is 10.2. The number of aromatic nitrogens is 2. The molecule has 2 N–H and O–H groups in total. The third kappa shape index (κ3) is 4.78. The maximum Gasteiger partial charge on any atom is 0.169 e. The van der Waals surface area contributed by atoms with E-state index in [9.17, 15) is 0 Å². The van der Waals surface area contributed by atoms with Crippen LogP contribution >= 0.6 is 0 Å². The molecule has 2 aromatic rings. The Hall–Kier alpha value is -2.14. The van der Waals surface area contributed by atoms with Crippen molar-refractivity contribution in [1.29, 1.82) is 0 Å². The van der Waals surface area contributed by atoms with E-state index >= 15 is 0 Å². The van der Waals surface area contributed by atoms with Crippen molar-refractivity contribution in [2.45, 2.75) is 95.2 Å². The van der Waals surface area contributed by atoms with E-state index in [-0.39, 0.29) is 0 Å². The largest absolute Gasteiger partial charge is 0.380 e. The van der Waals surface area contributed by atoms with Gasteiger partial charge in [-0.05, 0) is 31.7 Å². The quantitative estimate of drug-likeness (QED) is 0.676. The Bertz CT molecular complexity index is 844. The van der Waals surface area contributed by atoms with Crippen molar-refractivity contribution >= 4 is 11.5 Å². The molecule has 1 aromatic carbocycles. The topological polar surface area (TPSA) is 58.3 Å². The van der Waals surface area contributed by atoms with Crippen LogP contribution in [0.3, 0.4) is 0 Å². The number of rotatable bonds is 3. The van der Waals surface area contributed by atoms with Crippen LogP contribution in [-0.2, 0) is 0 Å². The van der Waals surface area contributed by atoms with Gasteiger partial charge in [-0.15, -0.1) is 10.2 Å². The van der Waals surface area contributed by atoms with Crippen molar-refractivity contribution < 1.29 is 0 Å². The first kappa shape index (κ1) is 21.7. The number of nitrogen functional groups attached to an aromatic ring is 1. The molecule has 2 atom stereocenters. The molecule has 3 heterocycles. The highest BCUT2D eigenvalue weighted by atomic mass is 15.3. The van der Waals surface area contributed by atoms with Crippen molar-refractivity contribution in [3.63, 3.8) is 0 Å². The fourth-order valence-electron chi connectivity index (χ4n) is 6.39. The number of hydrogen-bond acceptors (Lipinski definition) is 5. The zero-order valence-electron chi connectivity index (χ0n) is 19.5. The van der Waals surface area contributed by atoms with Crippen LogP contribution in [0.25, 0.3) is 11.3 Å². The summed E-state index contributed by atoms with van der Waals surface area (Å²) in [5.74, 6) is 0.562. The van der Waals surface area contributed by atoms with Gasteiger partial charge in [-0.1, -0.05) is 81.7 Å². The predicted molar refractivity (Wildman–Crippen MR) is 133 cm³/mol. The van der Waals surface area contributed by atoms with Crippen LogP contribution < -0.4 is 10.6 Å². The minimum atomic E-state index is 0.562. The first-order valence-corrected chi connectivity index (χ1v) is 13.0. The van der Waals surface area contributed by atoms with Gasteiger partial charge in [-0.3, -0.25) is 4.90 Å². The van der Waals surface area contributed by atoms with Crippen LogP contribution in [0.4, 0.5) is 11.5 Å². The summed E-state index contributed by atoms with van der Waals surface area (Å²) in [6.07, 6.45) is 16.9. The van der Waals surface area contributed by atoms with Crippen molar-refractivity contribution in [3.8, 4) is 11.3 Å². The first-order valence-electron chi connectivity index (χ1n) is 13.0. The maximum absolute atomic E-state index is 6.34. The molecule has 2 saturated heterocycles. The maximum atomic E-state index is 6.34. The summed E-state index contributed by atoms with van der Waals surface area (Å²) >= 11 is 0. The van der Waals surface area contributed by atoms with Crippen molar-refractivity contribution in [3.05, 3.63) is 36.4 Å². The lowest BCUT2D eigenvalue weighted by molar-refractivity contribution is 0.0948. The van der Waals surface area contributed by atoms with E-state index < -0.39 is 0 Å². The minimum Gasteiger partial charge on any atom is -0.380 e. The van der Waals surface area contributed by atoms with Gasteiger partial charge in [-0.2, -0.15) is 0 Å². The number of hydrogen-bond donors (Lipinski definition) is 1. The van der Waals surface area contributed by atoms with Gasteiger partial charge in [0.15, 0.2) is 5.82 Å². The predicted octanol–water partition coefficient (Wildman–Crippen LogP) is 5.66. The molecule has 1 saturated carbocycles. The Balaban J connectivity index is 1.31. The third-order valence-corrected chi connectivity index (χ3v) is 8.00. The normalized spacial score (nSPS) is 26.1. The van der Waals surface area contributed by atoms with Gasteiger partial charge in [-0.25, -0.2) is 0 Å². The molecule has 0 radical (unpaired) electrons. The van der Waals surface area contributed by atoms with Crippen molar-refractivity contribution in [2.75, 3.05) is 23.7 Å². The average Bonchev–Trinajstić information content (AvgIpc) is 3.05. The summed E-state index contributed by atoms with van der Waals surface area (Å²) in [5.41, 5.74) is 9.42. The number of benzene rings is 1. The molecule has 0 spiro atoms. The fraction of sp³-hybridized carbons (Fsp3) is 0.630. The highest BCUT2D eigenvalue weighted by Crippen LogP contribution is 2.38. The molecule has 2 unspecified atom stereocenters. The molecule has 3 fully saturated rings. The van der Waals surface area contributed by atoms with E-state index in [0.717, 1.165) is 36.1 Å². The monoisotopic (exact) mass is 433 g/mol. The second-order valence-corrected chi connectivity index (χ2v) is 10.2. The lowest BCUT2D eigenvalue weighted by Gasteiger charge is -2.46. The van der Waals surface area contributed by atoms with Crippen molar-refractivity contribution in [1.82, 2.24) is 15.1 Å². The van der Waals surface area contributed by atoms with Crippen LogP contribution in [0.15, 0.2) is 36.4 Å². The zero-order valence-corrected chi connectivity index (χ0v) is 19.5. The first-order chi connectivity index (χ1) is 15.8. The minimum absolute atomic E-state index is 0.562. The lowest BCUT2D eigenvalue weighted by atomic mass is 9.97. The summed E-state index contributed by atoms with van der Waals surface area (Å²) < 4.78 is 0. The number of anilines is 2. The van der Waals surface area contributed by atoms with Gasteiger partial charge in [0.05, 0.1) is 11.4 Å². The van der Waals surface area contributed by atoms with Crippen LogP contribution in [0.5, 0.6) is 0 Å². The van der Waals surface area contributed by atoms with Crippen LogP contribution in [-0.4, -0.2) is 46.3 Å². The summed E-state index contributed by atoms with van der Waals surface area (Å²) in [7, 11) is 0. The Labute approximate surface area is 193 Å². The van der Waals surface area contributed by atoms with Crippen LogP contribution in [0, 0.1) is 0 Å². The summed E-state index contributed by atoms with van der Waals surface area (Å²) in [6, 6.07) is 14.5. The molecular weight excluding hydrogens is 394 g/mol. The molecule has 32 heavy (non-hydrogen) atoms. The van der Waals surface area contributed by atoms with Crippen LogP contribution in [0.2, 0.25) is 0 Å². The van der Waals surface area contributed by atoms with Gasteiger partial charge in [0.2, 0.25) is 0 Å². The Morgan fingerprint density at radius 3 is 1.91 bits per heavy atom. The SMILES string of the molecule is Nc1nnc(-c2ccccc2)cc1N1CC2CCC(C1)N2C1CCCCCCCCCC1.